The molecular weight excluding hydrogens is 230 g/mol. The topological polar surface area (TPSA) is 46.5 Å². The highest BCUT2D eigenvalue weighted by atomic mass is 19.3. The molecule has 0 aromatic heterocycles. The Morgan fingerprint density at radius 2 is 2.18 bits per heavy atom. The van der Waals surface area contributed by atoms with Crippen LogP contribution in [0.1, 0.15) is 30.9 Å². The summed E-state index contributed by atoms with van der Waals surface area (Å²) in [5, 5.41) is 8.56. The molecule has 0 fully saturated rings. The molecule has 5 heteroatoms. The Kier molecular flexibility index (Phi) is 4.87. The number of benzene rings is 1. The first-order chi connectivity index (χ1) is 8.04. The highest BCUT2D eigenvalue weighted by Gasteiger charge is 2.14. The summed E-state index contributed by atoms with van der Waals surface area (Å²) in [6.45, 7) is 2.23. The van der Waals surface area contributed by atoms with Crippen molar-refractivity contribution in [1.29, 1.82) is 0 Å². The van der Waals surface area contributed by atoms with E-state index in [2.05, 4.69) is 0 Å². The zero-order valence-corrected chi connectivity index (χ0v) is 9.45. The minimum Gasteiger partial charge on any atom is -0.494 e. The zero-order chi connectivity index (χ0) is 12.8. The fourth-order valence-corrected chi connectivity index (χ4v) is 1.51. The van der Waals surface area contributed by atoms with Gasteiger partial charge in [0, 0.05) is 12.0 Å². The van der Waals surface area contributed by atoms with Crippen LogP contribution in [0.3, 0.4) is 0 Å². The maximum Gasteiger partial charge on any atom is 0.303 e. The van der Waals surface area contributed by atoms with Crippen LogP contribution in [-0.2, 0) is 11.2 Å². The van der Waals surface area contributed by atoms with Gasteiger partial charge in [-0.1, -0.05) is 0 Å². The van der Waals surface area contributed by atoms with Crippen molar-refractivity contribution < 1.29 is 23.4 Å². The Hall–Kier alpha value is -1.65. The maximum atomic E-state index is 12.7. The summed E-state index contributed by atoms with van der Waals surface area (Å²) in [5.74, 6) is -0.524. The molecule has 0 radical (unpaired) electrons. The van der Waals surface area contributed by atoms with Crippen LogP contribution >= 0.6 is 0 Å². The molecule has 1 rings (SSSR count). The van der Waals surface area contributed by atoms with E-state index in [-0.39, 0.29) is 18.4 Å². The molecule has 0 aliphatic heterocycles. The second-order valence-corrected chi connectivity index (χ2v) is 3.49. The van der Waals surface area contributed by atoms with Crippen LogP contribution in [0.5, 0.6) is 5.75 Å². The van der Waals surface area contributed by atoms with Crippen LogP contribution in [0.2, 0.25) is 0 Å². The van der Waals surface area contributed by atoms with Gasteiger partial charge in [-0.15, -0.1) is 0 Å². The van der Waals surface area contributed by atoms with Crippen molar-refractivity contribution in [1.82, 2.24) is 0 Å². The van der Waals surface area contributed by atoms with E-state index in [9.17, 15) is 13.6 Å². The lowest BCUT2D eigenvalue weighted by Crippen LogP contribution is -2.02. The van der Waals surface area contributed by atoms with Gasteiger partial charge in [0.2, 0.25) is 0 Å². The molecule has 0 heterocycles. The van der Waals surface area contributed by atoms with E-state index in [0.29, 0.717) is 17.9 Å². The number of aliphatic carboxylic acids is 1. The van der Waals surface area contributed by atoms with Gasteiger partial charge in [-0.2, -0.15) is 0 Å². The van der Waals surface area contributed by atoms with Gasteiger partial charge in [-0.05, 0) is 37.1 Å². The summed E-state index contributed by atoms with van der Waals surface area (Å²) in [6.07, 6.45) is -2.69. The van der Waals surface area contributed by atoms with Gasteiger partial charge in [0.05, 0.1) is 6.61 Å². The van der Waals surface area contributed by atoms with Gasteiger partial charge >= 0.3 is 5.97 Å². The number of aryl methyl sites for hydroxylation is 1. The number of carbonyl (C=O) groups is 1. The fourth-order valence-electron chi connectivity index (χ4n) is 1.51. The van der Waals surface area contributed by atoms with E-state index in [1.165, 1.54) is 18.2 Å². The van der Waals surface area contributed by atoms with Gasteiger partial charge in [0.1, 0.15) is 5.75 Å². The largest absolute Gasteiger partial charge is 0.494 e. The maximum absolute atomic E-state index is 12.7. The molecule has 1 N–H and O–H groups in total. The average Bonchev–Trinajstić information content (AvgIpc) is 2.26. The van der Waals surface area contributed by atoms with Crippen LogP contribution in [0.25, 0.3) is 0 Å². The van der Waals surface area contributed by atoms with Gasteiger partial charge in [0.15, 0.2) is 0 Å². The summed E-state index contributed by atoms with van der Waals surface area (Å²) >= 11 is 0. The molecule has 0 atom stereocenters. The average molecular weight is 244 g/mol. The normalized spacial score (nSPS) is 10.6. The summed E-state index contributed by atoms with van der Waals surface area (Å²) < 4.78 is 30.6. The number of halogens is 2. The van der Waals surface area contributed by atoms with E-state index >= 15 is 0 Å². The molecule has 3 nitrogen and oxygen atoms in total. The third-order valence-electron chi connectivity index (χ3n) is 2.27. The lowest BCUT2D eigenvalue weighted by atomic mass is 10.0. The van der Waals surface area contributed by atoms with Crippen molar-refractivity contribution in [3.63, 3.8) is 0 Å². The van der Waals surface area contributed by atoms with Crippen molar-refractivity contribution in [3.05, 3.63) is 29.3 Å². The van der Waals surface area contributed by atoms with E-state index in [1.807, 2.05) is 0 Å². The van der Waals surface area contributed by atoms with Crippen LogP contribution < -0.4 is 4.74 Å². The second-order valence-electron chi connectivity index (χ2n) is 3.49. The van der Waals surface area contributed by atoms with Crippen molar-refractivity contribution in [2.75, 3.05) is 6.61 Å². The van der Waals surface area contributed by atoms with Crippen molar-refractivity contribution in [2.24, 2.45) is 0 Å². The Labute approximate surface area is 98.0 Å². The quantitative estimate of drug-likeness (QED) is 0.836. The molecule has 17 heavy (non-hydrogen) atoms. The number of rotatable bonds is 6. The van der Waals surface area contributed by atoms with Crippen LogP contribution in [0.15, 0.2) is 18.2 Å². The second kappa shape index (κ2) is 6.18. The van der Waals surface area contributed by atoms with Gasteiger partial charge in [-0.25, -0.2) is 8.78 Å². The van der Waals surface area contributed by atoms with E-state index in [4.69, 9.17) is 9.84 Å². The molecule has 0 unspecified atom stereocenters. The summed E-state index contributed by atoms with van der Waals surface area (Å²) in [6, 6.07) is 4.23. The van der Waals surface area contributed by atoms with Crippen molar-refractivity contribution in [2.45, 2.75) is 26.2 Å². The minimum absolute atomic E-state index is 0.0793. The SMILES string of the molecule is CCOc1ccc(C(F)F)c(CCC(=O)O)c1. The molecule has 0 saturated heterocycles. The Morgan fingerprint density at radius 1 is 1.47 bits per heavy atom. The monoisotopic (exact) mass is 244 g/mol. The molecule has 1 aromatic rings. The van der Waals surface area contributed by atoms with Crippen LogP contribution in [-0.4, -0.2) is 17.7 Å². The number of ether oxygens (including phenoxy) is 1. The number of carboxylic acids is 1. The lowest BCUT2D eigenvalue weighted by molar-refractivity contribution is -0.136. The fraction of sp³-hybridized carbons (Fsp3) is 0.417. The Morgan fingerprint density at radius 3 is 2.71 bits per heavy atom. The number of carboxylic acid groups (broad SMARTS) is 1. The van der Waals surface area contributed by atoms with Crippen LogP contribution in [0, 0.1) is 0 Å². The van der Waals surface area contributed by atoms with Gasteiger partial charge in [0.25, 0.3) is 6.43 Å². The molecule has 0 aliphatic carbocycles. The number of hydrogen-bond acceptors (Lipinski definition) is 2. The van der Waals surface area contributed by atoms with Crippen molar-refractivity contribution >= 4 is 5.97 Å². The number of hydrogen-bond donors (Lipinski definition) is 1. The first-order valence-corrected chi connectivity index (χ1v) is 5.30. The number of alkyl halides is 2. The third-order valence-corrected chi connectivity index (χ3v) is 2.27. The van der Waals surface area contributed by atoms with E-state index in [0.717, 1.165) is 0 Å². The highest BCUT2D eigenvalue weighted by Crippen LogP contribution is 2.27. The Balaban J connectivity index is 2.93. The van der Waals surface area contributed by atoms with Gasteiger partial charge in [-0.3, -0.25) is 4.79 Å². The molecule has 0 aliphatic rings. The van der Waals surface area contributed by atoms with E-state index in [1.54, 1.807) is 6.92 Å². The molecule has 0 saturated carbocycles. The van der Waals surface area contributed by atoms with Gasteiger partial charge < -0.3 is 9.84 Å². The molecule has 0 amide bonds. The first kappa shape index (κ1) is 13.4. The molecule has 94 valence electrons. The predicted molar refractivity (Wildman–Crippen MR) is 58.5 cm³/mol. The Bertz CT molecular complexity index is 391. The summed E-state index contributed by atoms with van der Waals surface area (Å²) in [4.78, 5) is 10.4. The highest BCUT2D eigenvalue weighted by molar-refractivity contribution is 5.67. The molecule has 0 bridgehead atoms. The third kappa shape index (κ3) is 4.01. The van der Waals surface area contributed by atoms with E-state index < -0.39 is 12.4 Å². The summed E-state index contributed by atoms with van der Waals surface area (Å²) in [7, 11) is 0. The summed E-state index contributed by atoms with van der Waals surface area (Å²) in [5.41, 5.74) is 0.197. The predicted octanol–water partition coefficient (Wildman–Crippen LogP) is 3.04. The minimum atomic E-state index is -2.60. The molecule has 0 spiro atoms. The molecular formula is C12H14F2O3. The zero-order valence-electron chi connectivity index (χ0n) is 9.45. The lowest BCUT2D eigenvalue weighted by Gasteiger charge is -2.10. The van der Waals surface area contributed by atoms with Crippen molar-refractivity contribution in [3.8, 4) is 5.75 Å². The smallest absolute Gasteiger partial charge is 0.303 e. The first-order valence-electron chi connectivity index (χ1n) is 5.30. The standard InChI is InChI=1S/C12H14F2O3/c1-2-17-9-4-5-10(12(13)14)8(7-9)3-6-11(15)16/h4-5,7,12H,2-3,6H2,1H3,(H,15,16). The molecule has 1 aromatic carbocycles. The van der Waals surface area contributed by atoms with Crippen LogP contribution in [0.4, 0.5) is 8.78 Å².